The van der Waals surface area contributed by atoms with Crippen molar-refractivity contribution in [2.75, 3.05) is 7.11 Å². The number of amides is 1. The average molecular weight is 263 g/mol. The molecule has 0 bridgehead atoms. The molecule has 19 heavy (non-hydrogen) atoms. The molecule has 2 rings (SSSR count). The normalized spacial score (nSPS) is 22.8. The van der Waals surface area contributed by atoms with E-state index in [-0.39, 0.29) is 11.9 Å². The molecule has 1 aromatic rings. The summed E-state index contributed by atoms with van der Waals surface area (Å²) in [7, 11) is 1.61. The summed E-state index contributed by atoms with van der Waals surface area (Å²) >= 11 is 0. The molecule has 2 N–H and O–H groups in total. The predicted molar refractivity (Wildman–Crippen MR) is 73.1 cm³/mol. The molecule has 0 radical (unpaired) electrons. The number of ether oxygens (including phenoxy) is 1. The van der Waals surface area contributed by atoms with Crippen molar-refractivity contribution < 1.29 is 14.6 Å². The third-order valence-corrected chi connectivity index (χ3v) is 3.57. The average Bonchev–Trinajstić information content (AvgIpc) is 2.41. The lowest BCUT2D eigenvalue weighted by atomic mass is 9.92. The van der Waals surface area contributed by atoms with Crippen LogP contribution < -0.4 is 10.1 Å². The minimum Gasteiger partial charge on any atom is -0.497 e. The smallest absolute Gasteiger partial charge is 0.224 e. The molecule has 0 heterocycles. The van der Waals surface area contributed by atoms with Gasteiger partial charge in [0, 0.05) is 0 Å². The summed E-state index contributed by atoms with van der Waals surface area (Å²) < 4.78 is 5.13. The lowest BCUT2D eigenvalue weighted by molar-refractivity contribution is -0.122. The molecule has 1 aliphatic carbocycles. The molecule has 1 amide bonds. The molecule has 104 valence electrons. The van der Waals surface area contributed by atoms with E-state index in [9.17, 15) is 9.90 Å². The zero-order valence-corrected chi connectivity index (χ0v) is 11.3. The molecular formula is C15H21NO3. The van der Waals surface area contributed by atoms with Gasteiger partial charge in [-0.3, -0.25) is 4.79 Å². The highest BCUT2D eigenvalue weighted by Crippen LogP contribution is 2.18. The van der Waals surface area contributed by atoms with Crippen LogP contribution in [0.3, 0.4) is 0 Å². The first-order valence-electron chi connectivity index (χ1n) is 6.79. The summed E-state index contributed by atoms with van der Waals surface area (Å²) in [5, 5.41) is 12.8. The standard InChI is InChI=1S/C15H21NO3/c1-19-12-6-4-5-11(9-12)10-15(18)16-13-7-2-3-8-14(13)17/h4-6,9,13-14,17H,2-3,7-8,10H2,1H3,(H,16,18). The maximum Gasteiger partial charge on any atom is 0.224 e. The molecule has 1 aliphatic rings. The van der Waals surface area contributed by atoms with Crippen LogP contribution in [0.15, 0.2) is 24.3 Å². The number of methoxy groups -OCH3 is 1. The Balaban J connectivity index is 1.89. The molecule has 4 nitrogen and oxygen atoms in total. The maximum atomic E-state index is 12.0. The molecule has 0 saturated heterocycles. The molecule has 2 unspecified atom stereocenters. The van der Waals surface area contributed by atoms with Crippen LogP contribution in [-0.4, -0.2) is 30.3 Å². The second kappa shape index (κ2) is 6.57. The summed E-state index contributed by atoms with van der Waals surface area (Å²) in [6, 6.07) is 7.39. The van der Waals surface area contributed by atoms with Crippen molar-refractivity contribution in [3.8, 4) is 5.75 Å². The Labute approximate surface area is 113 Å². The van der Waals surface area contributed by atoms with Gasteiger partial charge in [-0.15, -0.1) is 0 Å². The Morgan fingerprint density at radius 3 is 2.95 bits per heavy atom. The van der Waals surface area contributed by atoms with E-state index >= 15 is 0 Å². The van der Waals surface area contributed by atoms with E-state index in [4.69, 9.17) is 4.74 Å². The highest BCUT2D eigenvalue weighted by Gasteiger charge is 2.24. The first-order valence-corrected chi connectivity index (χ1v) is 6.79. The molecular weight excluding hydrogens is 242 g/mol. The number of carbonyl (C=O) groups is 1. The van der Waals surface area contributed by atoms with Gasteiger partial charge in [-0.05, 0) is 30.5 Å². The van der Waals surface area contributed by atoms with Gasteiger partial charge in [0.1, 0.15) is 5.75 Å². The number of rotatable bonds is 4. The number of aliphatic hydroxyl groups excluding tert-OH is 1. The summed E-state index contributed by atoms with van der Waals surface area (Å²) in [6.07, 6.45) is 3.68. The van der Waals surface area contributed by atoms with Gasteiger partial charge in [-0.1, -0.05) is 25.0 Å². The predicted octanol–water partition coefficient (Wildman–Crippen LogP) is 1.66. The van der Waals surface area contributed by atoms with Gasteiger partial charge in [0.25, 0.3) is 0 Å². The zero-order valence-electron chi connectivity index (χ0n) is 11.3. The van der Waals surface area contributed by atoms with E-state index in [1.165, 1.54) is 0 Å². The number of nitrogens with one attached hydrogen (secondary N) is 1. The largest absolute Gasteiger partial charge is 0.497 e. The molecule has 0 spiro atoms. The lowest BCUT2D eigenvalue weighted by Crippen LogP contribution is -2.45. The van der Waals surface area contributed by atoms with Gasteiger partial charge in [0.2, 0.25) is 5.91 Å². The van der Waals surface area contributed by atoms with Crippen LogP contribution in [0.2, 0.25) is 0 Å². The van der Waals surface area contributed by atoms with Gasteiger partial charge < -0.3 is 15.2 Å². The van der Waals surface area contributed by atoms with E-state index in [1.807, 2.05) is 24.3 Å². The third kappa shape index (κ3) is 3.96. The van der Waals surface area contributed by atoms with E-state index in [1.54, 1.807) is 7.11 Å². The Morgan fingerprint density at radius 2 is 2.21 bits per heavy atom. The topological polar surface area (TPSA) is 58.6 Å². The molecule has 0 aromatic heterocycles. The fourth-order valence-corrected chi connectivity index (χ4v) is 2.51. The quantitative estimate of drug-likeness (QED) is 0.868. The fourth-order valence-electron chi connectivity index (χ4n) is 2.51. The van der Waals surface area contributed by atoms with Crippen molar-refractivity contribution in [2.45, 2.75) is 44.2 Å². The summed E-state index contributed by atoms with van der Waals surface area (Å²) in [5.41, 5.74) is 0.919. The Kier molecular flexibility index (Phi) is 4.80. The van der Waals surface area contributed by atoms with Crippen molar-refractivity contribution in [3.63, 3.8) is 0 Å². The lowest BCUT2D eigenvalue weighted by Gasteiger charge is -2.28. The number of benzene rings is 1. The van der Waals surface area contributed by atoms with Crippen molar-refractivity contribution >= 4 is 5.91 Å². The van der Waals surface area contributed by atoms with Crippen LogP contribution in [-0.2, 0) is 11.2 Å². The summed E-state index contributed by atoms with van der Waals surface area (Å²) in [4.78, 5) is 12.0. The van der Waals surface area contributed by atoms with Crippen LogP contribution in [0.4, 0.5) is 0 Å². The van der Waals surface area contributed by atoms with Crippen LogP contribution in [0.1, 0.15) is 31.2 Å². The number of hydrogen-bond acceptors (Lipinski definition) is 3. The maximum absolute atomic E-state index is 12.0. The molecule has 2 atom stereocenters. The number of aliphatic hydroxyl groups is 1. The SMILES string of the molecule is COc1cccc(CC(=O)NC2CCCCC2O)c1. The Bertz CT molecular complexity index is 433. The second-order valence-electron chi connectivity index (χ2n) is 5.05. The molecule has 1 aromatic carbocycles. The molecule has 0 aliphatic heterocycles. The van der Waals surface area contributed by atoms with E-state index in [0.717, 1.165) is 37.0 Å². The molecule has 4 heteroatoms. The summed E-state index contributed by atoms with van der Waals surface area (Å²) in [5.74, 6) is 0.710. The van der Waals surface area contributed by atoms with Crippen LogP contribution in [0, 0.1) is 0 Å². The first-order chi connectivity index (χ1) is 9.19. The fraction of sp³-hybridized carbons (Fsp3) is 0.533. The second-order valence-corrected chi connectivity index (χ2v) is 5.05. The minimum absolute atomic E-state index is 0.0424. The minimum atomic E-state index is -0.400. The van der Waals surface area contributed by atoms with E-state index in [2.05, 4.69) is 5.32 Å². The van der Waals surface area contributed by atoms with Crippen molar-refractivity contribution in [3.05, 3.63) is 29.8 Å². The van der Waals surface area contributed by atoms with Gasteiger partial charge in [-0.25, -0.2) is 0 Å². The van der Waals surface area contributed by atoms with Crippen LogP contribution in [0.25, 0.3) is 0 Å². The van der Waals surface area contributed by atoms with Crippen LogP contribution in [0.5, 0.6) is 5.75 Å². The monoisotopic (exact) mass is 263 g/mol. The molecule has 1 fully saturated rings. The van der Waals surface area contributed by atoms with E-state index in [0.29, 0.717) is 6.42 Å². The van der Waals surface area contributed by atoms with Gasteiger partial charge in [0.05, 0.1) is 25.7 Å². The highest BCUT2D eigenvalue weighted by atomic mass is 16.5. The number of hydrogen-bond donors (Lipinski definition) is 2. The van der Waals surface area contributed by atoms with Gasteiger partial charge >= 0.3 is 0 Å². The third-order valence-electron chi connectivity index (χ3n) is 3.57. The van der Waals surface area contributed by atoms with Gasteiger partial charge in [-0.2, -0.15) is 0 Å². The van der Waals surface area contributed by atoms with Crippen LogP contribution >= 0.6 is 0 Å². The molecule has 1 saturated carbocycles. The highest BCUT2D eigenvalue weighted by molar-refractivity contribution is 5.79. The number of carbonyl (C=O) groups excluding carboxylic acids is 1. The van der Waals surface area contributed by atoms with Gasteiger partial charge in [0.15, 0.2) is 0 Å². The van der Waals surface area contributed by atoms with Crippen molar-refractivity contribution in [2.24, 2.45) is 0 Å². The summed E-state index contributed by atoms with van der Waals surface area (Å²) in [6.45, 7) is 0. The Morgan fingerprint density at radius 1 is 1.42 bits per heavy atom. The first kappa shape index (κ1) is 13.9. The zero-order chi connectivity index (χ0) is 13.7. The Hall–Kier alpha value is -1.55. The van der Waals surface area contributed by atoms with Crippen molar-refractivity contribution in [1.29, 1.82) is 0 Å². The van der Waals surface area contributed by atoms with Crippen molar-refractivity contribution in [1.82, 2.24) is 5.32 Å². The van der Waals surface area contributed by atoms with E-state index < -0.39 is 6.10 Å².